The Morgan fingerprint density at radius 3 is 2.50 bits per heavy atom. The van der Waals surface area contributed by atoms with Crippen molar-refractivity contribution in [1.82, 2.24) is 21.2 Å². The summed E-state index contributed by atoms with van der Waals surface area (Å²) in [5.41, 5.74) is 5.59. The number of amides is 2. The summed E-state index contributed by atoms with van der Waals surface area (Å²) in [4.78, 5) is 27.8. The Kier molecular flexibility index (Phi) is 4.52. The molecule has 0 spiro atoms. The zero-order chi connectivity index (χ0) is 16.9. The summed E-state index contributed by atoms with van der Waals surface area (Å²) < 4.78 is 10.4. The molecule has 3 N–H and O–H groups in total. The molecule has 2 aromatic rings. The van der Waals surface area contributed by atoms with Crippen molar-refractivity contribution in [1.29, 1.82) is 0 Å². The maximum Gasteiger partial charge on any atom is 0.269 e. The molecular formula is C15H12N4O4S. The van der Waals surface area contributed by atoms with Gasteiger partial charge < -0.3 is 9.47 Å². The molecule has 122 valence electrons. The molecule has 0 unspecified atom stereocenters. The Morgan fingerprint density at radius 2 is 1.71 bits per heavy atom. The van der Waals surface area contributed by atoms with E-state index in [9.17, 15) is 9.59 Å². The van der Waals surface area contributed by atoms with Crippen LogP contribution in [0.1, 0.15) is 20.7 Å². The van der Waals surface area contributed by atoms with E-state index in [0.717, 1.165) is 0 Å². The molecule has 0 fully saturated rings. The van der Waals surface area contributed by atoms with Crippen molar-refractivity contribution in [2.24, 2.45) is 0 Å². The summed E-state index contributed by atoms with van der Waals surface area (Å²) in [6.07, 6.45) is 2.99. The third-order valence-corrected chi connectivity index (χ3v) is 3.30. The van der Waals surface area contributed by atoms with E-state index >= 15 is 0 Å². The normalized spacial score (nSPS) is 11.5. The minimum absolute atomic E-state index is 0.0416. The molecule has 0 saturated carbocycles. The summed E-state index contributed by atoms with van der Waals surface area (Å²) in [7, 11) is 0. The van der Waals surface area contributed by atoms with Crippen LogP contribution in [0.4, 0.5) is 0 Å². The Morgan fingerprint density at radius 1 is 0.958 bits per heavy atom. The van der Waals surface area contributed by atoms with Crippen LogP contribution in [0, 0.1) is 0 Å². The molecule has 2 amide bonds. The quantitative estimate of drug-likeness (QED) is 0.546. The van der Waals surface area contributed by atoms with Crippen molar-refractivity contribution in [3.8, 4) is 11.5 Å². The van der Waals surface area contributed by atoms with Crippen LogP contribution in [0.25, 0.3) is 0 Å². The fraction of sp³-hybridized carbons (Fsp3) is 0.0667. The number of hydrogen-bond donors (Lipinski definition) is 3. The topological polar surface area (TPSA) is 102 Å². The molecule has 3 rings (SSSR count). The van der Waals surface area contributed by atoms with Crippen molar-refractivity contribution in [2.45, 2.75) is 0 Å². The number of hydrazine groups is 1. The fourth-order valence-electron chi connectivity index (χ4n) is 1.93. The first kappa shape index (κ1) is 15.7. The number of fused-ring (bicyclic) bond motifs is 1. The molecular weight excluding hydrogens is 332 g/mol. The van der Waals surface area contributed by atoms with Gasteiger partial charge in [-0.05, 0) is 42.5 Å². The fourth-order valence-corrected chi connectivity index (χ4v) is 2.08. The van der Waals surface area contributed by atoms with E-state index in [-0.39, 0.29) is 11.9 Å². The smallest absolute Gasteiger partial charge is 0.269 e. The molecule has 0 radical (unpaired) electrons. The molecule has 1 aliphatic rings. The van der Waals surface area contributed by atoms with E-state index in [1.807, 2.05) is 0 Å². The van der Waals surface area contributed by atoms with Crippen molar-refractivity contribution < 1.29 is 19.1 Å². The second kappa shape index (κ2) is 6.92. The van der Waals surface area contributed by atoms with Gasteiger partial charge in [0.15, 0.2) is 16.6 Å². The van der Waals surface area contributed by atoms with Crippen LogP contribution in [0.15, 0.2) is 42.7 Å². The summed E-state index contributed by atoms with van der Waals surface area (Å²) in [6.45, 7) is 0.126. The molecule has 9 heteroatoms. The van der Waals surface area contributed by atoms with Gasteiger partial charge in [0, 0.05) is 23.5 Å². The zero-order valence-corrected chi connectivity index (χ0v) is 13.1. The molecule has 1 aromatic carbocycles. The van der Waals surface area contributed by atoms with Crippen LogP contribution < -0.4 is 25.6 Å². The highest BCUT2D eigenvalue weighted by Crippen LogP contribution is 2.32. The predicted octanol–water partition coefficient (Wildman–Crippen LogP) is 0.760. The first-order chi connectivity index (χ1) is 11.6. The first-order valence-corrected chi connectivity index (χ1v) is 7.25. The second-order valence-corrected chi connectivity index (χ2v) is 5.07. The van der Waals surface area contributed by atoms with E-state index < -0.39 is 11.8 Å². The number of pyridine rings is 1. The lowest BCUT2D eigenvalue weighted by molar-refractivity contribution is 0.0934. The van der Waals surface area contributed by atoms with Crippen molar-refractivity contribution >= 4 is 29.1 Å². The Balaban J connectivity index is 1.53. The average molecular weight is 344 g/mol. The first-order valence-electron chi connectivity index (χ1n) is 6.85. The number of carbonyl (C=O) groups is 2. The molecule has 0 atom stereocenters. The lowest BCUT2D eigenvalue weighted by Gasteiger charge is -2.11. The zero-order valence-electron chi connectivity index (χ0n) is 12.2. The lowest BCUT2D eigenvalue weighted by Crippen LogP contribution is -2.48. The average Bonchev–Trinajstić information content (AvgIpc) is 3.08. The maximum absolute atomic E-state index is 12.1. The number of nitrogens with one attached hydrogen (secondary N) is 3. The van der Waals surface area contributed by atoms with Crippen LogP contribution in [0.2, 0.25) is 0 Å². The summed E-state index contributed by atoms with van der Waals surface area (Å²) in [5.74, 6) is 0.227. The van der Waals surface area contributed by atoms with Crippen molar-refractivity contribution in [2.75, 3.05) is 6.79 Å². The van der Waals surface area contributed by atoms with E-state index in [4.69, 9.17) is 21.7 Å². The monoisotopic (exact) mass is 344 g/mol. The van der Waals surface area contributed by atoms with Gasteiger partial charge in [-0.15, -0.1) is 0 Å². The number of rotatable bonds is 2. The van der Waals surface area contributed by atoms with Crippen LogP contribution >= 0.6 is 12.2 Å². The molecule has 1 aromatic heterocycles. The Labute approximate surface area is 142 Å². The number of carbonyl (C=O) groups excluding carboxylic acids is 2. The molecule has 0 aliphatic carbocycles. The highest BCUT2D eigenvalue weighted by atomic mass is 32.1. The highest BCUT2D eigenvalue weighted by Gasteiger charge is 2.17. The molecule has 0 saturated heterocycles. The lowest BCUT2D eigenvalue weighted by atomic mass is 10.2. The van der Waals surface area contributed by atoms with Gasteiger partial charge in [0.25, 0.3) is 11.8 Å². The predicted molar refractivity (Wildman–Crippen MR) is 87.5 cm³/mol. The molecule has 8 nitrogen and oxygen atoms in total. The van der Waals surface area contributed by atoms with E-state index in [1.165, 1.54) is 12.4 Å². The Hall–Kier alpha value is -3.20. The number of thiocarbonyl (C=S) groups is 1. The second-order valence-electron chi connectivity index (χ2n) is 4.67. The van der Waals surface area contributed by atoms with Gasteiger partial charge in [-0.3, -0.25) is 30.7 Å². The van der Waals surface area contributed by atoms with Gasteiger partial charge in [0.2, 0.25) is 6.79 Å². The number of benzene rings is 1. The molecule has 24 heavy (non-hydrogen) atoms. The summed E-state index contributed by atoms with van der Waals surface area (Å²) in [6, 6.07) is 7.87. The van der Waals surface area contributed by atoms with Gasteiger partial charge in [0.1, 0.15) is 0 Å². The maximum atomic E-state index is 12.1. The molecule has 0 bridgehead atoms. The molecule has 2 heterocycles. The van der Waals surface area contributed by atoms with E-state index in [0.29, 0.717) is 22.6 Å². The minimum atomic E-state index is -0.441. The number of aromatic nitrogens is 1. The van der Waals surface area contributed by atoms with Gasteiger partial charge in [0.05, 0.1) is 0 Å². The van der Waals surface area contributed by atoms with E-state index in [1.54, 1.807) is 30.3 Å². The Bertz CT molecular complexity index is 797. The largest absolute Gasteiger partial charge is 0.454 e. The number of nitrogens with zero attached hydrogens (tertiary/aromatic N) is 1. The number of hydrogen-bond acceptors (Lipinski definition) is 6. The third kappa shape index (κ3) is 3.58. The van der Waals surface area contributed by atoms with Crippen LogP contribution in [0.5, 0.6) is 11.5 Å². The van der Waals surface area contributed by atoms with Crippen LogP contribution in [0.3, 0.4) is 0 Å². The SMILES string of the molecule is O=C(NNC(=S)NC(=O)c1ccc2c(c1)OCO2)c1ccncc1. The van der Waals surface area contributed by atoms with Crippen molar-refractivity contribution in [3.63, 3.8) is 0 Å². The molecule has 1 aliphatic heterocycles. The number of ether oxygens (including phenoxy) is 2. The van der Waals surface area contributed by atoms with Crippen molar-refractivity contribution in [3.05, 3.63) is 53.9 Å². The van der Waals surface area contributed by atoms with Gasteiger partial charge in [-0.25, -0.2) is 0 Å². The highest BCUT2D eigenvalue weighted by molar-refractivity contribution is 7.80. The summed E-state index contributed by atoms with van der Waals surface area (Å²) >= 11 is 4.97. The summed E-state index contributed by atoms with van der Waals surface area (Å²) in [5, 5.41) is 2.41. The standard InChI is InChI=1S/C15H12N4O4S/c20-13(10-1-2-11-12(7-10)23-8-22-11)17-15(24)19-18-14(21)9-3-5-16-6-4-9/h1-7H,8H2,(H,18,21)(H2,17,19,20,24). The van der Waals surface area contributed by atoms with Gasteiger partial charge >= 0.3 is 0 Å². The van der Waals surface area contributed by atoms with Crippen LogP contribution in [-0.4, -0.2) is 28.7 Å². The minimum Gasteiger partial charge on any atom is -0.454 e. The third-order valence-electron chi connectivity index (χ3n) is 3.09. The van der Waals surface area contributed by atoms with Gasteiger partial charge in [-0.1, -0.05) is 0 Å². The van der Waals surface area contributed by atoms with Crippen LogP contribution in [-0.2, 0) is 0 Å². The van der Waals surface area contributed by atoms with E-state index in [2.05, 4.69) is 21.2 Å². The van der Waals surface area contributed by atoms with Gasteiger partial charge in [-0.2, -0.15) is 0 Å².